The van der Waals surface area contributed by atoms with E-state index in [2.05, 4.69) is 14.7 Å². The highest BCUT2D eigenvalue weighted by atomic mass is 32.2. The van der Waals surface area contributed by atoms with Crippen molar-refractivity contribution in [3.63, 3.8) is 0 Å². The molecule has 0 aliphatic carbocycles. The number of nitrogens with zero attached hydrogens (tertiary/aromatic N) is 3. The number of nitriles is 1. The number of hydrogen-bond donors (Lipinski definition) is 1. The molecule has 0 saturated carbocycles. The monoisotopic (exact) mass is 350 g/mol. The molecule has 1 N–H and O–H groups in total. The van der Waals surface area contributed by atoms with E-state index in [9.17, 15) is 8.42 Å². The van der Waals surface area contributed by atoms with Crippen molar-refractivity contribution >= 4 is 15.8 Å². The van der Waals surface area contributed by atoms with Crippen molar-refractivity contribution in [2.75, 3.05) is 4.72 Å². The van der Waals surface area contributed by atoms with Crippen LogP contribution in [0.1, 0.15) is 11.3 Å². The Kier molecular flexibility index (Phi) is 4.46. The van der Waals surface area contributed by atoms with Crippen LogP contribution in [0.25, 0.3) is 11.1 Å². The van der Waals surface area contributed by atoms with Crippen LogP contribution in [-0.2, 0) is 10.0 Å². The highest BCUT2D eigenvalue weighted by molar-refractivity contribution is 7.92. The lowest BCUT2D eigenvalue weighted by molar-refractivity contribution is 0.601. The summed E-state index contributed by atoms with van der Waals surface area (Å²) in [5, 5.41) is 8.76. The zero-order chi connectivity index (χ0) is 17.9. The summed E-state index contributed by atoms with van der Waals surface area (Å²) < 4.78 is 27.1. The van der Waals surface area contributed by atoms with E-state index >= 15 is 0 Å². The minimum atomic E-state index is -3.68. The van der Waals surface area contributed by atoms with E-state index in [1.807, 2.05) is 13.0 Å². The molecule has 0 bridgehead atoms. The maximum atomic E-state index is 12.3. The molecule has 6 nitrogen and oxygen atoms in total. The molecule has 0 unspecified atom stereocenters. The third kappa shape index (κ3) is 3.82. The largest absolute Gasteiger partial charge is 0.263 e. The molecule has 2 aromatic heterocycles. The summed E-state index contributed by atoms with van der Waals surface area (Å²) in [4.78, 5) is 8.33. The lowest BCUT2D eigenvalue weighted by atomic mass is 10.1. The molecule has 0 atom stereocenters. The van der Waals surface area contributed by atoms with Crippen molar-refractivity contribution in [3.8, 4) is 17.2 Å². The molecule has 25 heavy (non-hydrogen) atoms. The van der Waals surface area contributed by atoms with E-state index in [4.69, 9.17) is 5.26 Å². The van der Waals surface area contributed by atoms with Gasteiger partial charge in [0.05, 0.1) is 4.90 Å². The molecular weight excluding hydrogens is 336 g/mol. The zero-order valence-electron chi connectivity index (χ0n) is 13.3. The first-order chi connectivity index (χ1) is 12.0. The lowest BCUT2D eigenvalue weighted by Gasteiger charge is -2.08. The topological polar surface area (TPSA) is 95.7 Å². The molecule has 0 radical (unpaired) electrons. The summed E-state index contributed by atoms with van der Waals surface area (Å²) in [5.41, 5.74) is 2.88. The lowest BCUT2D eigenvalue weighted by Crippen LogP contribution is -2.13. The number of sulfonamides is 1. The van der Waals surface area contributed by atoms with Crippen molar-refractivity contribution in [1.29, 1.82) is 5.26 Å². The van der Waals surface area contributed by atoms with Gasteiger partial charge in [-0.1, -0.05) is 17.7 Å². The summed E-state index contributed by atoms with van der Waals surface area (Å²) in [5.74, 6) is 0.228. The standard InChI is InChI=1S/C18H14N4O2S/c1-13-2-7-17(8-3-13)25(23,24)22-18-9-5-15(12-21-18)14-4-6-16(10-19)20-11-14/h2-9,11-12H,1H3,(H,21,22). The maximum Gasteiger partial charge on any atom is 0.263 e. The Morgan fingerprint density at radius 3 is 2.08 bits per heavy atom. The van der Waals surface area contributed by atoms with Crippen molar-refractivity contribution in [2.45, 2.75) is 11.8 Å². The smallest absolute Gasteiger partial charge is 0.263 e. The van der Waals surface area contributed by atoms with E-state index < -0.39 is 10.0 Å². The molecule has 0 aliphatic heterocycles. The first-order valence-corrected chi connectivity index (χ1v) is 8.88. The number of aryl methyl sites for hydroxylation is 1. The first-order valence-electron chi connectivity index (χ1n) is 7.40. The quantitative estimate of drug-likeness (QED) is 0.780. The van der Waals surface area contributed by atoms with Gasteiger partial charge in [-0.2, -0.15) is 5.26 Å². The van der Waals surface area contributed by atoms with Gasteiger partial charge in [-0.15, -0.1) is 0 Å². The molecule has 0 fully saturated rings. The average Bonchev–Trinajstić information content (AvgIpc) is 2.62. The van der Waals surface area contributed by atoms with Gasteiger partial charge in [0.1, 0.15) is 17.6 Å². The van der Waals surface area contributed by atoms with Gasteiger partial charge in [0.25, 0.3) is 10.0 Å². The Bertz CT molecular complexity index is 1020. The number of benzene rings is 1. The Morgan fingerprint density at radius 2 is 1.56 bits per heavy atom. The molecule has 3 rings (SSSR count). The minimum Gasteiger partial charge on any atom is -0.263 e. The van der Waals surface area contributed by atoms with Crippen molar-refractivity contribution < 1.29 is 8.42 Å². The van der Waals surface area contributed by atoms with Gasteiger partial charge in [-0.05, 0) is 43.3 Å². The van der Waals surface area contributed by atoms with Crippen LogP contribution in [0.4, 0.5) is 5.82 Å². The zero-order valence-corrected chi connectivity index (χ0v) is 14.2. The van der Waals surface area contributed by atoms with Crippen molar-refractivity contribution in [1.82, 2.24) is 9.97 Å². The van der Waals surface area contributed by atoms with E-state index in [-0.39, 0.29) is 10.7 Å². The fourth-order valence-corrected chi connectivity index (χ4v) is 3.18. The maximum absolute atomic E-state index is 12.3. The van der Waals surface area contributed by atoms with Crippen LogP contribution in [0.15, 0.2) is 65.8 Å². The third-order valence-electron chi connectivity index (χ3n) is 3.55. The minimum absolute atomic E-state index is 0.181. The second-order valence-electron chi connectivity index (χ2n) is 5.39. The Labute approximate surface area is 145 Å². The fourth-order valence-electron chi connectivity index (χ4n) is 2.17. The van der Waals surface area contributed by atoms with E-state index in [0.29, 0.717) is 5.69 Å². The van der Waals surface area contributed by atoms with Gasteiger partial charge >= 0.3 is 0 Å². The van der Waals surface area contributed by atoms with Gasteiger partial charge in [0.2, 0.25) is 0 Å². The predicted octanol–water partition coefficient (Wildman–Crippen LogP) is 3.12. The van der Waals surface area contributed by atoms with Gasteiger partial charge in [0.15, 0.2) is 0 Å². The highest BCUT2D eigenvalue weighted by Gasteiger charge is 2.14. The Morgan fingerprint density at radius 1 is 0.920 bits per heavy atom. The van der Waals surface area contributed by atoms with Crippen LogP contribution in [0.3, 0.4) is 0 Å². The molecule has 3 aromatic rings. The molecule has 7 heteroatoms. The SMILES string of the molecule is Cc1ccc(S(=O)(=O)Nc2ccc(-c3ccc(C#N)nc3)cn2)cc1. The molecule has 0 aliphatic rings. The van der Waals surface area contributed by atoms with Gasteiger partial charge < -0.3 is 0 Å². The number of hydrogen-bond acceptors (Lipinski definition) is 5. The van der Waals surface area contributed by atoms with Gasteiger partial charge in [-0.25, -0.2) is 18.4 Å². The fraction of sp³-hybridized carbons (Fsp3) is 0.0556. The molecule has 124 valence electrons. The summed E-state index contributed by atoms with van der Waals surface area (Å²) in [7, 11) is -3.68. The Hall–Kier alpha value is -3.24. The van der Waals surface area contributed by atoms with E-state index in [1.54, 1.807) is 60.9 Å². The molecule has 0 amide bonds. The second-order valence-corrected chi connectivity index (χ2v) is 7.08. The van der Waals surface area contributed by atoms with E-state index in [1.165, 1.54) is 0 Å². The third-order valence-corrected chi connectivity index (χ3v) is 4.92. The molecule has 1 aromatic carbocycles. The van der Waals surface area contributed by atoms with Crippen LogP contribution in [0.5, 0.6) is 0 Å². The van der Waals surface area contributed by atoms with E-state index in [0.717, 1.165) is 16.7 Å². The normalized spacial score (nSPS) is 10.9. The summed E-state index contributed by atoms with van der Waals surface area (Å²) >= 11 is 0. The molecule has 0 saturated heterocycles. The predicted molar refractivity (Wildman–Crippen MR) is 94.2 cm³/mol. The Balaban J connectivity index is 1.80. The number of nitrogens with one attached hydrogen (secondary N) is 1. The van der Waals surface area contributed by atoms with Crippen LogP contribution in [0.2, 0.25) is 0 Å². The number of pyridine rings is 2. The summed E-state index contributed by atoms with van der Waals surface area (Å²) in [6.45, 7) is 1.89. The van der Waals surface area contributed by atoms with Crippen LogP contribution in [0, 0.1) is 18.3 Å². The number of rotatable bonds is 4. The second kappa shape index (κ2) is 6.71. The van der Waals surface area contributed by atoms with Gasteiger partial charge in [0, 0.05) is 23.5 Å². The highest BCUT2D eigenvalue weighted by Crippen LogP contribution is 2.20. The number of aromatic nitrogens is 2. The van der Waals surface area contributed by atoms with Crippen LogP contribution in [-0.4, -0.2) is 18.4 Å². The summed E-state index contributed by atoms with van der Waals surface area (Å²) in [6, 6.07) is 15.2. The first kappa shape index (κ1) is 16.6. The van der Waals surface area contributed by atoms with Crippen molar-refractivity contribution in [3.05, 3.63) is 72.2 Å². The summed E-state index contributed by atoms with van der Waals surface area (Å²) in [6.07, 6.45) is 3.13. The molecular formula is C18H14N4O2S. The average molecular weight is 350 g/mol. The van der Waals surface area contributed by atoms with Crippen LogP contribution >= 0.6 is 0 Å². The van der Waals surface area contributed by atoms with Gasteiger partial charge in [-0.3, -0.25) is 4.72 Å². The van der Waals surface area contributed by atoms with Crippen LogP contribution < -0.4 is 4.72 Å². The molecule has 0 spiro atoms. The van der Waals surface area contributed by atoms with Crippen molar-refractivity contribution in [2.24, 2.45) is 0 Å². The molecule has 2 heterocycles. The number of anilines is 1.